The lowest BCUT2D eigenvalue weighted by molar-refractivity contribution is -0.114. The van der Waals surface area contributed by atoms with Crippen LogP contribution in [-0.4, -0.2) is 15.5 Å². The number of H-pyrrole nitrogens is 1. The number of hydrogen-bond donors (Lipinski definition) is 2. The van der Waals surface area contributed by atoms with E-state index in [0.29, 0.717) is 22.5 Å². The molecule has 1 aliphatic carbocycles. The number of nitrogens with zero attached hydrogens (tertiary/aromatic N) is 1. The fraction of sp³-hybridized carbons (Fsp3) is 0.500. The van der Waals surface area contributed by atoms with Crippen molar-refractivity contribution in [3.63, 3.8) is 0 Å². The topological polar surface area (TPSA) is 84.0 Å². The Morgan fingerprint density at radius 3 is 2.58 bits per heavy atom. The molecule has 1 aliphatic rings. The number of hydrogen-bond acceptors (Lipinski definition) is 3. The molecule has 0 unspecified atom stereocenters. The summed E-state index contributed by atoms with van der Waals surface area (Å²) in [6.07, 6.45) is 4.97. The molecule has 128 valence electrons. The number of amides is 1. The maximum absolute atomic E-state index is 12.9. The molecule has 6 heteroatoms. The number of nitrogens with one attached hydrogen (secondary N) is 2. The zero-order valence-corrected chi connectivity index (χ0v) is 14.1. The molecule has 0 aliphatic heterocycles. The lowest BCUT2D eigenvalue weighted by atomic mass is 9.84. The lowest BCUT2D eigenvalue weighted by Crippen LogP contribution is -2.39. The summed E-state index contributed by atoms with van der Waals surface area (Å²) in [6.45, 7) is 3.60. The van der Waals surface area contributed by atoms with E-state index in [9.17, 15) is 14.4 Å². The molecule has 2 N–H and O–H groups in total. The van der Waals surface area contributed by atoms with E-state index in [1.165, 1.54) is 11.5 Å². The number of anilines is 1. The van der Waals surface area contributed by atoms with Crippen LogP contribution < -0.4 is 16.6 Å². The minimum atomic E-state index is -0.347. The van der Waals surface area contributed by atoms with Crippen molar-refractivity contribution in [2.75, 3.05) is 5.32 Å². The summed E-state index contributed by atoms with van der Waals surface area (Å²) < 4.78 is 1.37. The molecule has 1 fully saturated rings. The summed E-state index contributed by atoms with van der Waals surface area (Å²) in [6, 6.07) is 4.92. The molecule has 6 nitrogen and oxygen atoms in total. The fourth-order valence-electron chi connectivity index (χ4n) is 3.65. The molecule has 1 aromatic heterocycles. The Balaban J connectivity index is 2.03. The van der Waals surface area contributed by atoms with Crippen LogP contribution in [0, 0.1) is 5.92 Å². The van der Waals surface area contributed by atoms with Crippen LogP contribution in [0.5, 0.6) is 0 Å². The molecule has 3 rings (SSSR count). The van der Waals surface area contributed by atoms with Crippen molar-refractivity contribution in [1.82, 2.24) is 9.55 Å². The fourth-order valence-corrected chi connectivity index (χ4v) is 3.65. The van der Waals surface area contributed by atoms with E-state index in [-0.39, 0.29) is 23.2 Å². The molecule has 24 heavy (non-hydrogen) atoms. The van der Waals surface area contributed by atoms with Crippen molar-refractivity contribution < 1.29 is 4.79 Å². The average molecular weight is 329 g/mol. The van der Waals surface area contributed by atoms with Crippen molar-refractivity contribution >= 4 is 22.5 Å². The van der Waals surface area contributed by atoms with Crippen LogP contribution in [0.25, 0.3) is 10.9 Å². The van der Waals surface area contributed by atoms with Crippen molar-refractivity contribution in [2.24, 2.45) is 5.92 Å². The Hall–Kier alpha value is -2.37. The number of rotatable bonds is 3. The first-order chi connectivity index (χ1) is 11.5. The van der Waals surface area contributed by atoms with Gasteiger partial charge in [-0.3, -0.25) is 14.2 Å². The number of carbonyl (C=O) groups excluding carboxylic acids is 1. The van der Waals surface area contributed by atoms with Crippen LogP contribution in [0.2, 0.25) is 0 Å². The van der Waals surface area contributed by atoms with Gasteiger partial charge in [0.1, 0.15) is 0 Å². The smallest absolute Gasteiger partial charge is 0.326 e. The Morgan fingerprint density at radius 2 is 1.96 bits per heavy atom. The summed E-state index contributed by atoms with van der Waals surface area (Å²) in [4.78, 5) is 39.3. The molecule has 1 aromatic carbocycles. The van der Waals surface area contributed by atoms with Crippen molar-refractivity contribution in [3.8, 4) is 0 Å². The molecule has 0 radical (unpaired) electrons. The van der Waals surface area contributed by atoms with E-state index in [1.807, 2.05) is 0 Å². The normalized spacial score (nSPS) is 20.9. The number of benzene rings is 1. The van der Waals surface area contributed by atoms with Gasteiger partial charge in [0.2, 0.25) is 5.91 Å². The minimum Gasteiger partial charge on any atom is -0.326 e. The first-order valence-corrected chi connectivity index (χ1v) is 8.55. The zero-order chi connectivity index (χ0) is 17.3. The number of aromatic amines is 1. The molecule has 2 aromatic rings. The van der Waals surface area contributed by atoms with Gasteiger partial charge in [-0.1, -0.05) is 13.3 Å². The summed E-state index contributed by atoms with van der Waals surface area (Å²) in [7, 11) is 0. The second-order valence-electron chi connectivity index (χ2n) is 6.63. The van der Waals surface area contributed by atoms with E-state index in [4.69, 9.17) is 0 Å². The second kappa shape index (κ2) is 6.63. The van der Waals surface area contributed by atoms with Crippen molar-refractivity contribution in [1.29, 1.82) is 0 Å². The van der Waals surface area contributed by atoms with Crippen LogP contribution >= 0.6 is 0 Å². The molecule has 0 spiro atoms. The first kappa shape index (κ1) is 16.5. The predicted molar refractivity (Wildman–Crippen MR) is 94.4 cm³/mol. The summed E-state index contributed by atoms with van der Waals surface area (Å²) in [5.74, 6) is 0.500. The van der Waals surface area contributed by atoms with Crippen molar-refractivity contribution in [3.05, 3.63) is 39.0 Å². The molecular formula is C18H23N3O3. The highest BCUT2D eigenvalue weighted by Crippen LogP contribution is 2.32. The minimum absolute atomic E-state index is 0.0436. The van der Waals surface area contributed by atoms with Crippen LogP contribution in [0.4, 0.5) is 5.69 Å². The SMILES string of the molecule is CC[C@H]1CC[C@H](n2c(=O)[nH]c3ccc(NC(C)=O)cc3c2=O)CC1. The molecule has 1 saturated carbocycles. The van der Waals surface area contributed by atoms with Crippen LogP contribution in [0.1, 0.15) is 52.0 Å². The van der Waals surface area contributed by atoms with Crippen LogP contribution in [-0.2, 0) is 4.79 Å². The number of aromatic nitrogens is 2. The van der Waals surface area contributed by atoms with Gasteiger partial charge >= 0.3 is 5.69 Å². The molecule has 0 bridgehead atoms. The predicted octanol–water partition coefficient (Wildman–Crippen LogP) is 2.79. The summed E-state index contributed by atoms with van der Waals surface area (Å²) in [5, 5.41) is 3.10. The second-order valence-corrected chi connectivity index (χ2v) is 6.63. The lowest BCUT2D eigenvalue weighted by Gasteiger charge is -2.28. The van der Waals surface area contributed by atoms with Gasteiger partial charge in [-0.05, 0) is 49.8 Å². The largest absolute Gasteiger partial charge is 0.329 e. The summed E-state index contributed by atoms with van der Waals surface area (Å²) >= 11 is 0. The van der Waals surface area contributed by atoms with E-state index in [2.05, 4.69) is 17.2 Å². The first-order valence-electron chi connectivity index (χ1n) is 8.55. The molecule has 1 heterocycles. The van der Waals surface area contributed by atoms with Gasteiger partial charge in [0.15, 0.2) is 0 Å². The van der Waals surface area contributed by atoms with Gasteiger partial charge < -0.3 is 10.3 Å². The summed E-state index contributed by atoms with van der Waals surface area (Å²) in [5.41, 5.74) is 0.429. The maximum atomic E-state index is 12.9. The van der Waals surface area contributed by atoms with Gasteiger partial charge in [0.25, 0.3) is 5.56 Å². The van der Waals surface area contributed by atoms with Crippen LogP contribution in [0.3, 0.4) is 0 Å². The van der Waals surface area contributed by atoms with Gasteiger partial charge in [-0.15, -0.1) is 0 Å². The molecule has 0 atom stereocenters. The molecule has 0 saturated heterocycles. The third kappa shape index (κ3) is 3.13. The Kier molecular flexibility index (Phi) is 4.55. The Morgan fingerprint density at radius 1 is 1.25 bits per heavy atom. The van der Waals surface area contributed by atoms with Gasteiger partial charge in [0.05, 0.1) is 10.9 Å². The number of fused-ring (bicyclic) bond motifs is 1. The van der Waals surface area contributed by atoms with E-state index < -0.39 is 0 Å². The van der Waals surface area contributed by atoms with Crippen molar-refractivity contribution in [2.45, 2.75) is 52.0 Å². The third-order valence-corrected chi connectivity index (χ3v) is 5.01. The van der Waals surface area contributed by atoms with E-state index in [1.54, 1.807) is 18.2 Å². The molecule has 1 amide bonds. The van der Waals surface area contributed by atoms with E-state index in [0.717, 1.165) is 32.1 Å². The van der Waals surface area contributed by atoms with Gasteiger partial charge in [-0.25, -0.2) is 4.79 Å². The monoisotopic (exact) mass is 329 g/mol. The Bertz CT molecular complexity index is 873. The highest BCUT2D eigenvalue weighted by Gasteiger charge is 2.24. The highest BCUT2D eigenvalue weighted by molar-refractivity contribution is 5.91. The quantitative estimate of drug-likeness (QED) is 0.908. The van der Waals surface area contributed by atoms with Gasteiger partial charge in [-0.2, -0.15) is 0 Å². The molecular weight excluding hydrogens is 306 g/mol. The maximum Gasteiger partial charge on any atom is 0.329 e. The standard InChI is InChI=1S/C18H23N3O3/c1-3-12-4-7-14(8-5-12)21-17(23)15-10-13(19-11(2)22)6-9-16(15)20-18(21)24/h6,9-10,12,14H,3-5,7-8H2,1-2H3,(H,19,22)(H,20,24)/t12-,14-. The van der Waals surface area contributed by atoms with Crippen LogP contribution in [0.15, 0.2) is 27.8 Å². The number of carbonyl (C=O) groups is 1. The highest BCUT2D eigenvalue weighted by atomic mass is 16.2. The van der Waals surface area contributed by atoms with Gasteiger partial charge in [0, 0.05) is 18.7 Å². The Labute approximate surface area is 139 Å². The third-order valence-electron chi connectivity index (χ3n) is 5.01. The average Bonchev–Trinajstić information content (AvgIpc) is 2.55. The van der Waals surface area contributed by atoms with E-state index >= 15 is 0 Å². The zero-order valence-electron chi connectivity index (χ0n) is 14.1.